The van der Waals surface area contributed by atoms with Gasteiger partial charge in [-0.05, 0) is 18.2 Å². The summed E-state index contributed by atoms with van der Waals surface area (Å²) in [6.45, 7) is 1.21. The Morgan fingerprint density at radius 3 is 2.45 bits per heavy atom. The number of nitrogens with one attached hydrogen (secondary N) is 1. The molecule has 3 aromatic rings. The Labute approximate surface area is 172 Å². The van der Waals surface area contributed by atoms with E-state index in [1.54, 1.807) is 21.9 Å². The van der Waals surface area contributed by atoms with E-state index in [0.717, 1.165) is 0 Å². The van der Waals surface area contributed by atoms with Crippen molar-refractivity contribution in [1.82, 2.24) is 24.8 Å². The van der Waals surface area contributed by atoms with Gasteiger partial charge in [0.2, 0.25) is 5.82 Å². The number of halogens is 5. The minimum Gasteiger partial charge on any atom is -0.351 e. The molecule has 2 aromatic heterocycles. The molecule has 1 aromatic carbocycles. The van der Waals surface area contributed by atoms with Crippen molar-refractivity contribution in [1.29, 1.82) is 0 Å². The molecule has 1 amide bonds. The minimum atomic E-state index is -4.69. The van der Waals surface area contributed by atoms with E-state index < -0.39 is 12.0 Å². The number of piperazine rings is 1. The highest BCUT2D eigenvalue weighted by molar-refractivity contribution is 6.42. The fourth-order valence-electron chi connectivity index (χ4n) is 3.11. The molecule has 0 unspecified atom stereocenters. The molecule has 3 heterocycles. The zero-order valence-corrected chi connectivity index (χ0v) is 16.2. The summed E-state index contributed by atoms with van der Waals surface area (Å²) in [6.07, 6.45) is -3.42. The number of anilines is 1. The van der Waals surface area contributed by atoms with Crippen LogP contribution in [0.15, 0.2) is 24.5 Å². The van der Waals surface area contributed by atoms with Crippen molar-refractivity contribution in [3.63, 3.8) is 0 Å². The highest BCUT2D eigenvalue weighted by Gasteiger charge is 2.37. The average molecular weight is 445 g/mol. The lowest BCUT2D eigenvalue weighted by Crippen LogP contribution is -2.49. The molecule has 0 radical (unpaired) electrons. The first-order valence-corrected chi connectivity index (χ1v) is 9.27. The third-order valence-electron chi connectivity index (χ3n) is 4.55. The van der Waals surface area contributed by atoms with Gasteiger partial charge in [0.1, 0.15) is 5.52 Å². The SMILES string of the molecule is O=C(c1ccc(Cl)c(Cl)c1)N1CCN(c2nc(C(F)(F)F)nc3nc[nH]c23)CC1. The van der Waals surface area contributed by atoms with Crippen LogP contribution in [0.25, 0.3) is 11.2 Å². The number of carbonyl (C=O) groups excluding carboxylic acids is 1. The molecule has 0 atom stereocenters. The fraction of sp³-hybridized carbons (Fsp3) is 0.294. The van der Waals surface area contributed by atoms with Crippen molar-refractivity contribution in [2.24, 2.45) is 0 Å². The van der Waals surface area contributed by atoms with Gasteiger partial charge in [-0.3, -0.25) is 4.79 Å². The van der Waals surface area contributed by atoms with E-state index in [1.807, 2.05) is 0 Å². The Kier molecular flexibility index (Phi) is 4.99. The van der Waals surface area contributed by atoms with Gasteiger partial charge in [-0.15, -0.1) is 0 Å². The third kappa shape index (κ3) is 3.82. The average Bonchev–Trinajstić information content (AvgIpc) is 3.17. The summed E-state index contributed by atoms with van der Waals surface area (Å²) in [5.74, 6) is -1.36. The van der Waals surface area contributed by atoms with Gasteiger partial charge < -0.3 is 14.8 Å². The monoisotopic (exact) mass is 444 g/mol. The number of benzene rings is 1. The number of amides is 1. The highest BCUT2D eigenvalue weighted by Crippen LogP contribution is 2.31. The van der Waals surface area contributed by atoms with Gasteiger partial charge in [0.15, 0.2) is 11.5 Å². The lowest BCUT2D eigenvalue weighted by Gasteiger charge is -2.35. The van der Waals surface area contributed by atoms with Crippen molar-refractivity contribution in [3.05, 3.63) is 46.0 Å². The molecule has 4 rings (SSSR count). The molecule has 0 bridgehead atoms. The van der Waals surface area contributed by atoms with Crippen LogP contribution in [-0.4, -0.2) is 56.9 Å². The lowest BCUT2D eigenvalue weighted by molar-refractivity contribution is -0.144. The molecule has 1 fully saturated rings. The number of rotatable bonds is 2. The quantitative estimate of drug-likeness (QED) is 0.652. The number of hydrogen-bond acceptors (Lipinski definition) is 5. The summed E-state index contributed by atoms with van der Waals surface area (Å²) in [5.41, 5.74) is 0.657. The number of hydrogen-bond donors (Lipinski definition) is 1. The Balaban J connectivity index is 1.55. The molecule has 152 valence electrons. The van der Waals surface area contributed by atoms with Crippen molar-refractivity contribution < 1.29 is 18.0 Å². The molecule has 1 saturated heterocycles. The molecular formula is C17H13Cl2F3N6O. The standard InChI is InChI=1S/C17H13Cl2F3N6O/c18-10-2-1-9(7-11(10)19)15(29)28-5-3-27(4-6-28)14-12-13(24-8-23-12)25-16(26-14)17(20,21)22/h1-2,7-8H,3-6H2,(H,23,24,25,26). The Hall–Kier alpha value is -2.59. The van der Waals surface area contributed by atoms with Crippen molar-refractivity contribution in [2.75, 3.05) is 31.1 Å². The van der Waals surface area contributed by atoms with Gasteiger partial charge in [0.05, 0.1) is 16.4 Å². The topological polar surface area (TPSA) is 78.0 Å². The molecule has 1 N–H and O–H groups in total. The van der Waals surface area contributed by atoms with Crippen LogP contribution in [0, 0.1) is 0 Å². The first kappa shape index (κ1) is 19.7. The summed E-state index contributed by atoms with van der Waals surface area (Å²) in [4.78, 5) is 29.7. The van der Waals surface area contributed by atoms with Crippen LogP contribution in [-0.2, 0) is 6.18 Å². The number of aromatic nitrogens is 4. The van der Waals surface area contributed by atoms with Gasteiger partial charge >= 0.3 is 6.18 Å². The predicted octanol–water partition coefficient (Wildman–Crippen LogP) is 3.64. The summed E-state index contributed by atoms with van der Waals surface area (Å²) in [6, 6.07) is 4.62. The van der Waals surface area contributed by atoms with E-state index in [2.05, 4.69) is 19.9 Å². The molecule has 7 nitrogen and oxygen atoms in total. The molecule has 1 aliphatic heterocycles. The smallest absolute Gasteiger partial charge is 0.351 e. The molecular weight excluding hydrogens is 432 g/mol. The van der Waals surface area contributed by atoms with Gasteiger partial charge in [-0.2, -0.15) is 13.2 Å². The maximum Gasteiger partial charge on any atom is 0.451 e. The Bertz CT molecular complexity index is 1080. The van der Waals surface area contributed by atoms with Gasteiger partial charge in [0, 0.05) is 31.7 Å². The van der Waals surface area contributed by atoms with Crippen LogP contribution in [0.4, 0.5) is 19.0 Å². The van der Waals surface area contributed by atoms with Crippen LogP contribution in [0.5, 0.6) is 0 Å². The largest absolute Gasteiger partial charge is 0.451 e. The summed E-state index contributed by atoms with van der Waals surface area (Å²) in [5, 5.41) is 0.624. The van der Waals surface area contributed by atoms with Crippen molar-refractivity contribution >= 4 is 46.1 Å². The summed E-state index contributed by atoms with van der Waals surface area (Å²) < 4.78 is 39.4. The number of fused-ring (bicyclic) bond motifs is 1. The van der Waals surface area contributed by atoms with Crippen LogP contribution < -0.4 is 4.90 Å². The zero-order valence-electron chi connectivity index (χ0n) is 14.7. The van der Waals surface area contributed by atoms with Gasteiger partial charge in [-0.25, -0.2) is 15.0 Å². The Morgan fingerprint density at radius 2 is 1.79 bits per heavy atom. The number of aromatic amines is 1. The van der Waals surface area contributed by atoms with Crippen LogP contribution in [0.2, 0.25) is 10.0 Å². The maximum absolute atomic E-state index is 13.1. The van der Waals surface area contributed by atoms with Crippen molar-refractivity contribution in [3.8, 4) is 0 Å². The minimum absolute atomic E-state index is 0.0587. The fourth-order valence-corrected chi connectivity index (χ4v) is 3.40. The molecule has 0 spiro atoms. The van der Waals surface area contributed by atoms with E-state index in [1.165, 1.54) is 12.4 Å². The zero-order chi connectivity index (χ0) is 20.8. The lowest BCUT2D eigenvalue weighted by atomic mass is 10.2. The summed E-state index contributed by atoms with van der Waals surface area (Å²) in [7, 11) is 0. The van der Waals surface area contributed by atoms with E-state index in [-0.39, 0.29) is 22.4 Å². The highest BCUT2D eigenvalue weighted by atomic mass is 35.5. The number of nitrogens with zero attached hydrogens (tertiary/aromatic N) is 5. The molecule has 1 aliphatic rings. The van der Waals surface area contributed by atoms with Gasteiger partial charge in [0.25, 0.3) is 5.91 Å². The van der Waals surface area contributed by atoms with Crippen LogP contribution in [0.3, 0.4) is 0 Å². The molecule has 0 aliphatic carbocycles. The van der Waals surface area contributed by atoms with Gasteiger partial charge in [-0.1, -0.05) is 23.2 Å². The van der Waals surface area contributed by atoms with E-state index in [0.29, 0.717) is 42.3 Å². The molecule has 0 saturated carbocycles. The predicted molar refractivity (Wildman–Crippen MR) is 101 cm³/mol. The first-order chi connectivity index (χ1) is 13.7. The number of alkyl halides is 3. The third-order valence-corrected chi connectivity index (χ3v) is 5.29. The summed E-state index contributed by atoms with van der Waals surface area (Å²) >= 11 is 11.8. The normalized spacial score (nSPS) is 15.2. The van der Waals surface area contributed by atoms with Crippen LogP contribution >= 0.6 is 23.2 Å². The number of imidazole rings is 1. The maximum atomic E-state index is 13.1. The van der Waals surface area contributed by atoms with Crippen LogP contribution in [0.1, 0.15) is 16.2 Å². The second-order valence-electron chi connectivity index (χ2n) is 6.38. The first-order valence-electron chi connectivity index (χ1n) is 8.51. The second-order valence-corrected chi connectivity index (χ2v) is 7.19. The Morgan fingerprint density at radius 1 is 1.07 bits per heavy atom. The van der Waals surface area contributed by atoms with E-state index in [4.69, 9.17) is 23.2 Å². The molecule has 12 heteroatoms. The molecule has 29 heavy (non-hydrogen) atoms. The van der Waals surface area contributed by atoms with Crippen molar-refractivity contribution in [2.45, 2.75) is 6.18 Å². The van der Waals surface area contributed by atoms with E-state index in [9.17, 15) is 18.0 Å². The number of carbonyl (C=O) groups is 1. The van der Waals surface area contributed by atoms with E-state index >= 15 is 0 Å². The second kappa shape index (κ2) is 7.34. The number of H-pyrrole nitrogens is 1.